The van der Waals surface area contributed by atoms with Crippen LogP contribution in [0.2, 0.25) is 5.02 Å². The van der Waals surface area contributed by atoms with Crippen LogP contribution in [-0.4, -0.2) is 20.7 Å². The molecule has 0 saturated heterocycles. The summed E-state index contributed by atoms with van der Waals surface area (Å²) in [6, 6.07) is 16.7. The molecule has 0 fully saturated rings. The highest BCUT2D eigenvalue weighted by Crippen LogP contribution is 2.25. The quantitative estimate of drug-likeness (QED) is 0.475. The molecule has 0 atom stereocenters. The number of rotatable bonds is 4. The molecule has 1 heterocycles. The summed E-state index contributed by atoms with van der Waals surface area (Å²) in [5.41, 5.74) is 2.01. The van der Waals surface area contributed by atoms with E-state index in [1.807, 2.05) is 13.0 Å². The Balaban J connectivity index is 1.79. The maximum atomic E-state index is 13.9. The van der Waals surface area contributed by atoms with Crippen LogP contribution in [0.3, 0.4) is 0 Å². The van der Waals surface area contributed by atoms with Crippen molar-refractivity contribution in [2.75, 3.05) is 5.32 Å². The second-order valence-corrected chi connectivity index (χ2v) is 6.95. The van der Waals surface area contributed by atoms with E-state index < -0.39 is 17.5 Å². The molecule has 0 unspecified atom stereocenters. The van der Waals surface area contributed by atoms with Crippen molar-refractivity contribution < 1.29 is 13.6 Å². The zero-order chi connectivity index (χ0) is 21.3. The summed E-state index contributed by atoms with van der Waals surface area (Å²) in [6.45, 7) is 1.86. The Bertz CT molecular complexity index is 1240. The fourth-order valence-electron chi connectivity index (χ4n) is 2.83. The van der Waals surface area contributed by atoms with Crippen molar-refractivity contribution in [1.82, 2.24) is 14.8 Å². The number of aromatic nitrogens is 3. The van der Waals surface area contributed by atoms with Gasteiger partial charge in [0.05, 0.1) is 11.4 Å². The van der Waals surface area contributed by atoms with Crippen LogP contribution in [0.5, 0.6) is 0 Å². The van der Waals surface area contributed by atoms with Crippen molar-refractivity contribution in [1.29, 1.82) is 0 Å². The van der Waals surface area contributed by atoms with E-state index in [0.29, 0.717) is 22.1 Å². The van der Waals surface area contributed by atoms with Gasteiger partial charge >= 0.3 is 0 Å². The number of aryl methyl sites for hydroxylation is 1. The molecule has 30 heavy (non-hydrogen) atoms. The van der Waals surface area contributed by atoms with Crippen molar-refractivity contribution >= 4 is 23.2 Å². The first-order valence-electron chi connectivity index (χ1n) is 8.98. The fraction of sp³-hybridized carbons (Fsp3) is 0.0455. The fourth-order valence-corrected chi connectivity index (χ4v) is 3.00. The lowest BCUT2D eigenvalue weighted by atomic mass is 10.2. The number of hydrogen-bond acceptors (Lipinski definition) is 3. The van der Waals surface area contributed by atoms with Gasteiger partial charge in [0.25, 0.3) is 5.91 Å². The average Bonchev–Trinajstić information content (AvgIpc) is 3.18. The van der Waals surface area contributed by atoms with Gasteiger partial charge in [-0.15, -0.1) is 5.10 Å². The van der Waals surface area contributed by atoms with Gasteiger partial charge in [-0.25, -0.2) is 18.4 Å². The Morgan fingerprint density at radius 3 is 2.47 bits per heavy atom. The van der Waals surface area contributed by atoms with Crippen LogP contribution < -0.4 is 5.32 Å². The minimum atomic E-state index is -0.680. The first kappa shape index (κ1) is 19.7. The summed E-state index contributed by atoms with van der Waals surface area (Å²) >= 11 is 6.24. The second kappa shape index (κ2) is 8.04. The second-order valence-electron chi connectivity index (χ2n) is 6.55. The van der Waals surface area contributed by atoms with Crippen LogP contribution in [0.1, 0.15) is 16.2 Å². The van der Waals surface area contributed by atoms with Gasteiger partial charge < -0.3 is 5.32 Å². The zero-order valence-corrected chi connectivity index (χ0v) is 16.5. The third-order valence-electron chi connectivity index (χ3n) is 4.43. The molecular formula is C22H15ClF2N4O. The van der Waals surface area contributed by atoms with E-state index in [1.165, 1.54) is 47.1 Å². The lowest BCUT2D eigenvalue weighted by Crippen LogP contribution is -2.15. The van der Waals surface area contributed by atoms with Crippen LogP contribution in [0, 0.1) is 18.6 Å². The highest BCUT2D eigenvalue weighted by atomic mass is 35.5. The van der Waals surface area contributed by atoms with E-state index in [9.17, 15) is 13.6 Å². The first-order valence-corrected chi connectivity index (χ1v) is 9.35. The summed E-state index contributed by atoms with van der Waals surface area (Å²) < 4.78 is 28.7. The molecule has 1 N–H and O–H groups in total. The number of amides is 1. The number of nitrogens with one attached hydrogen (secondary N) is 1. The van der Waals surface area contributed by atoms with Crippen LogP contribution in [0.15, 0.2) is 66.7 Å². The van der Waals surface area contributed by atoms with Gasteiger partial charge in [-0.05, 0) is 61.0 Å². The molecule has 1 amide bonds. The normalized spacial score (nSPS) is 10.8. The van der Waals surface area contributed by atoms with Crippen molar-refractivity contribution in [3.05, 3.63) is 94.8 Å². The molecule has 0 aliphatic heterocycles. The van der Waals surface area contributed by atoms with E-state index in [4.69, 9.17) is 11.6 Å². The number of benzene rings is 3. The Morgan fingerprint density at radius 1 is 1.03 bits per heavy atom. The Kier molecular flexibility index (Phi) is 5.29. The topological polar surface area (TPSA) is 59.8 Å². The maximum absolute atomic E-state index is 13.9. The molecule has 3 aromatic carbocycles. The SMILES string of the molecule is Cc1ccc(-n2nc(C(=O)Nc3ccccc3F)nc2-c2ccc(F)cc2)cc1Cl. The molecule has 0 radical (unpaired) electrons. The number of nitrogens with zero attached hydrogens (tertiary/aromatic N) is 3. The number of hydrogen-bond donors (Lipinski definition) is 1. The predicted octanol–water partition coefficient (Wildman–Crippen LogP) is 5.43. The van der Waals surface area contributed by atoms with Crippen LogP contribution >= 0.6 is 11.6 Å². The third kappa shape index (κ3) is 3.92. The minimum Gasteiger partial charge on any atom is -0.317 e. The van der Waals surface area contributed by atoms with E-state index in [0.717, 1.165) is 5.56 Å². The molecule has 0 spiro atoms. The minimum absolute atomic E-state index is 0.0144. The number of anilines is 1. The molecule has 8 heteroatoms. The number of carbonyl (C=O) groups is 1. The summed E-state index contributed by atoms with van der Waals surface area (Å²) in [4.78, 5) is 17.0. The highest BCUT2D eigenvalue weighted by Gasteiger charge is 2.20. The molecule has 1 aromatic heterocycles. The van der Waals surface area contributed by atoms with Gasteiger partial charge in [0.2, 0.25) is 5.82 Å². The average molecular weight is 425 g/mol. The molecule has 0 saturated carbocycles. The molecular weight excluding hydrogens is 410 g/mol. The van der Waals surface area contributed by atoms with Crippen molar-refractivity contribution in [2.24, 2.45) is 0 Å². The van der Waals surface area contributed by atoms with Gasteiger partial charge in [0.15, 0.2) is 5.82 Å². The van der Waals surface area contributed by atoms with Crippen molar-refractivity contribution in [3.63, 3.8) is 0 Å². The Hall–Kier alpha value is -3.58. The summed E-state index contributed by atoms with van der Waals surface area (Å²) in [6.07, 6.45) is 0. The van der Waals surface area contributed by atoms with E-state index >= 15 is 0 Å². The van der Waals surface area contributed by atoms with Gasteiger partial charge in [0.1, 0.15) is 11.6 Å². The van der Waals surface area contributed by atoms with Crippen molar-refractivity contribution in [3.8, 4) is 17.1 Å². The van der Waals surface area contributed by atoms with Gasteiger partial charge in [-0.2, -0.15) is 0 Å². The van der Waals surface area contributed by atoms with E-state index in [-0.39, 0.29) is 11.5 Å². The van der Waals surface area contributed by atoms with Gasteiger partial charge in [-0.3, -0.25) is 4.79 Å². The number of para-hydroxylation sites is 1. The van der Waals surface area contributed by atoms with E-state index in [1.54, 1.807) is 18.2 Å². The van der Waals surface area contributed by atoms with Crippen LogP contribution in [-0.2, 0) is 0 Å². The molecule has 0 bridgehead atoms. The van der Waals surface area contributed by atoms with E-state index in [2.05, 4.69) is 15.4 Å². The number of carbonyl (C=O) groups excluding carboxylic acids is 1. The molecule has 5 nitrogen and oxygen atoms in total. The Labute approximate surface area is 176 Å². The lowest BCUT2D eigenvalue weighted by molar-refractivity contribution is 0.101. The standard InChI is InChI=1S/C22H15ClF2N4O/c1-13-6-11-16(12-17(13)23)29-21(14-7-9-15(24)10-8-14)27-20(28-29)22(30)26-19-5-3-2-4-18(19)25/h2-12H,1H3,(H,26,30). The zero-order valence-electron chi connectivity index (χ0n) is 15.7. The molecule has 0 aliphatic carbocycles. The highest BCUT2D eigenvalue weighted by molar-refractivity contribution is 6.31. The maximum Gasteiger partial charge on any atom is 0.295 e. The molecule has 4 aromatic rings. The molecule has 0 aliphatic rings. The smallest absolute Gasteiger partial charge is 0.295 e. The molecule has 150 valence electrons. The van der Waals surface area contributed by atoms with Crippen molar-refractivity contribution in [2.45, 2.75) is 6.92 Å². The Morgan fingerprint density at radius 2 is 1.77 bits per heavy atom. The monoisotopic (exact) mass is 424 g/mol. The summed E-state index contributed by atoms with van der Waals surface area (Å²) in [7, 11) is 0. The first-order chi connectivity index (χ1) is 14.4. The largest absolute Gasteiger partial charge is 0.317 e. The van der Waals surface area contributed by atoms with Crippen LogP contribution in [0.4, 0.5) is 14.5 Å². The van der Waals surface area contributed by atoms with Gasteiger partial charge in [0, 0.05) is 10.6 Å². The summed E-state index contributed by atoms with van der Waals surface area (Å²) in [5, 5.41) is 7.27. The number of halogens is 3. The van der Waals surface area contributed by atoms with Crippen LogP contribution in [0.25, 0.3) is 17.1 Å². The third-order valence-corrected chi connectivity index (χ3v) is 4.84. The predicted molar refractivity (Wildman–Crippen MR) is 111 cm³/mol. The lowest BCUT2D eigenvalue weighted by Gasteiger charge is -2.07. The molecule has 4 rings (SSSR count). The summed E-state index contributed by atoms with van der Waals surface area (Å²) in [5.74, 6) is -1.52. The van der Waals surface area contributed by atoms with Gasteiger partial charge in [-0.1, -0.05) is 29.8 Å².